The second-order valence-electron chi connectivity index (χ2n) is 8.45. The lowest BCUT2D eigenvalue weighted by Gasteiger charge is -2.32. The Bertz CT molecular complexity index is 1460. The van der Waals surface area contributed by atoms with Gasteiger partial charge in [-0.25, -0.2) is 0 Å². The van der Waals surface area contributed by atoms with E-state index < -0.39 is 0 Å². The quantitative estimate of drug-likeness (QED) is 0.478. The lowest BCUT2D eigenvalue weighted by atomic mass is 9.93. The average Bonchev–Trinajstić information content (AvgIpc) is 3.59. The van der Waals surface area contributed by atoms with Crippen molar-refractivity contribution in [1.29, 1.82) is 0 Å². The van der Waals surface area contributed by atoms with Crippen molar-refractivity contribution in [2.75, 3.05) is 29.7 Å². The fourth-order valence-corrected chi connectivity index (χ4v) is 5.10. The zero-order chi connectivity index (χ0) is 22.6. The third-order valence-electron chi connectivity index (χ3n) is 6.55. The minimum atomic E-state index is 0.101. The van der Waals surface area contributed by atoms with Crippen molar-refractivity contribution < 1.29 is 13.9 Å². The first-order valence-electron chi connectivity index (χ1n) is 11.4. The van der Waals surface area contributed by atoms with E-state index in [2.05, 4.69) is 47.5 Å². The molecular weight excluding hydrogens is 428 g/mol. The molecule has 34 heavy (non-hydrogen) atoms. The summed E-state index contributed by atoms with van der Waals surface area (Å²) in [4.78, 5) is 9.14. The van der Waals surface area contributed by atoms with Crippen LogP contribution in [0.15, 0.2) is 89.1 Å². The molecule has 0 amide bonds. The van der Waals surface area contributed by atoms with Gasteiger partial charge in [0.1, 0.15) is 5.52 Å². The SMILES string of the molecule is NCCN1C2=C(c3ccc4c(c3)OCO4)N(c3nc4ccccc4o3)C=CC2c2ccccc21. The van der Waals surface area contributed by atoms with Crippen molar-refractivity contribution in [1.82, 2.24) is 4.98 Å². The molecule has 0 fully saturated rings. The molecule has 7 nitrogen and oxygen atoms in total. The zero-order valence-corrected chi connectivity index (χ0v) is 18.3. The smallest absolute Gasteiger partial charge is 0.307 e. The van der Waals surface area contributed by atoms with Gasteiger partial charge in [-0.1, -0.05) is 36.4 Å². The summed E-state index contributed by atoms with van der Waals surface area (Å²) in [5.74, 6) is 1.58. The highest BCUT2D eigenvalue weighted by Crippen LogP contribution is 2.51. The average molecular weight is 450 g/mol. The molecule has 3 aliphatic heterocycles. The molecule has 0 saturated carbocycles. The lowest BCUT2D eigenvalue weighted by Crippen LogP contribution is -2.32. The molecule has 4 heterocycles. The second-order valence-corrected chi connectivity index (χ2v) is 8.45. The first kappa shape index (κ1) is 19.3. The third-order valence-corrected chi connectivity index (χ3v) is 6.55. The van der Waals surface area contributed by atoms with E-state index >= 15 is 0 Å². The number of allylic oxidation sites excluding steroid dienone is 1. The maximum atomic E-state index is 6.20. The molecule has 3 aromatic carbocycles. The normalized spacial score (nSPS) is 18.1. The maximum Gasteiger partial charge on any atom is 0.307 e. The van der Waals surface area contributed by atoms with Crippen molar-refractivity contribution in [2.24, 2.45) is 5.73 Å². The Morgan fingerprint density at radius 2 is 1.82 bits per heavy atom. The molecule has 0 spiro atoms. The molecule has 0 aliphatic carbocycles. The van der Waals surface area contributed by atoms with Gasteiger partial charge < -0.3 is 24.5 Å². The number of anilines is 2. The lowest BCUT2D eigenvalue weighted by molar-refractivity contribution is 0.174. The minimum Gasteiger partial charge on any atom is -0.454 e. The van der Waals surface area contributed by atoms with Gasteiger partial charge in [0.05, 0.1) is 11.4 Å². The van der Waals surface area contributed by atoms with Crippen LogP contribution in [0, 0.1) is 0 Å². The van der Waals surface area contributed by atoms with Crippen molar-refractivity contribution in [2.45, 2.75) is 5.92 Å². The Labute approximate surface area is 196 Å². The molecule has 0 saturated heterocycles. The van der Waals surface area contributed by atoms with Crippen LogP contribution in [-0.2, 0) is 0 Å². The van der Waals surface area contributed by atoms with E-state index in [1.807, 2.05) is 41.3 Å². The Morgan fingerprint density at radius 3 is 2.74 bits per heavy atom. The Kier molecular flexibility index (Phi) is 4.19. The highest BCUT2D eigenvalue weighted by Gasteiger charge is 2.39. The van der Waals surface area contributed by atoms with Crippen molar-refractivity contribution in [3.8, 4) is 11.5 Å². The molecule has 1 unspecified atom stereocenters. The topological polar surface area (TPSA) is 77.0 Å². The van der Waals surface area contributed by atoms with Crippen LogP contribution in [0.25, 0.3) is 16.8 Å². The van der Waals surface area contributed by atoms with Gasteiger partial charge in [-0.05, 0) is 42.0 Å². The van der Waals surface area contributed by atoms with Crippen LogP contribution in [0.3, 0.4) is 0 Å². The van der Waals surface area contributed by atoms with Gasteiger partial charge in [-0.15, -0.1) is 0 Å². The number of benzene rings is 3. The molecule has 0 bridgehead atoms. The molecule has 2 N–H and O–H groups in total. The molecule has 1 aromatic heterocycles. The number of ether oxygens (including phenoxy) is 2. The van der Waals surface area contributed by atoms with E-state index in [-0.39, 0.29) is 12.7 Å². The molecule has 0 radical (unpaired) electrons. The summed E-state index contributed by atoms with van der Waals surface area (Å²) in [6.07, 6.45) is 4.26. The highest BCUT2D eigenvalue weighted by molar-refractivity contribution is 5.91. The number of rotatable bonds is 4. The van der Waals surface area contributed by atoms with Crippen molar-refractivity contribution in [3.05, 3.63) is 95.8 Å². The first-order valence-corrected chi connectivity index (χ1v) is 11.4. The summed E-state index contributed by atoms with van der Waals surface area (Å²) in [5, 5.41) is 0. The van der Waals surface area contributed by atoms with Gasteiger partial charge in [0.15, 0.2) is 17.1 Å². The van der Waals surface area contributed by atoms with Crippen LogP contribution in [0.1, 0.15) is 17.0 Å². The third kappa shape index (κ3) is 2.77. The van der Waals surface area contributed by atoms with E-state index in [0.717, 1.165) is 39.6 Å². The van der Waals surface area contributed by atoms with E-state index in [0.29, 0.717) is 19.1 Å². The van der Waals surface area contributed by atoms with E-state index in [1.54, 1.807) is 0 Å². The van der Waals surface area contributed by atoms with Gasteiger partial charge in [0.2, 0.25) is 6.79 Å². The summed E-state index contributed by atoms with van der Waals surface area (Å²) in [7, 11) is 0. The van der Waals surface area contributed by atoms with Crippen molar-refractivity contribution >= 4 is 28.5 Å². The van der Waals surface area contributed by atoms with Gasteiger partial charge in [-0.2, -0.15) is 4.98 Å². The standard InChI is InChI=1S/C27H22N4O3/c28-12-14-30-21-7-3-1-5-18(21)19-11-13-31(27-29-20-6-2-4-8-22(20)34-27)25(26(19)30)17-9-10-23-24(15-17)33-16-32-23/h1-11,13,15,19H,12,14,16,28H2. The number of aromatic nitrogens is 1. The van der Waals surface area contributed by atoms with Crippen LogP contribution in [0.2, 0.25) is 0 Å². The summed E-state index contributed by atoms with van der Waals surface area (Å²) in [6, 6.07) is 22.9. The summed E-state index contributed by atoms with van der Waals surface area (Å²) in [5.41, 5.74) is 13.2. The van der Waals surface area contributed by atoms with Crippen LogP contribution in [-0.4, -0.2) is 24.9 Å². The van der Waals surface area contributed by atoms with Gasteiger partial charge >= 0.3 is 6.01 Å². The Morgan fingerprint density at radius 1 is 0.971 bits per heavy atom. The predicted octanol–water partition coefficient (Wildman–Crippen LogP) is 4.82. The number of nitrogens with two attached hydrogens (primary N) is 1. The number of hydrogen-bond acceptors (Lipinski definition) is 7. The second kappa shape index (κ2) is 7.40. The molecule has 1 atom stereocenters. The predicted molar refractivity (Wildman–Crippen MR) is 131 cm³/mol. The van der Waals surface area contributed by atoms with Crippen molar-refractivity contribution in [3.63, 3.8) is 0 Å². The largest absolute Gasteiger partial charge is 0.454 e. The summed E-state index contributed by atoms with van der Waals surface area (Å²) >= 11 is 0. The Balaban J connectivity index is 1.47. The minimum absolute atomic E-state index is 0.101. The number of oxazole rings is 1. The van der Waals surface area contributed by atoms with Crippen LogP contribution >= 0.6 is 0 Å². The fraction of sp³-hybridized carbons (Fsp3) is 0.148. The van der Waals surface area contributed by atoms with E-state index in [4.69, 9.17) is 24.6 Å². The van der Waals surface area contributed by atoms with E-state index in [1.165, 1.54) is 11.3 Å². The van der Waals surface area contributed by atoms with Crippen LogP contribution in [0.5, 0.6) is 11.5 Å². The number of fused-ring (bicyclic) bond motifs is 5. The summed E-state index contributed by atoms with van der Waals surface area (Å²) in [6.45, 7) is 1.46. The fourth-order valence-electron chi connectivity index (χ4n) is 5.10. The molecule has 7 rings (SSSR count). The van der Waals surface area contributed by atoms with Crippen LogP contribution < -0.4 is 25.0 Å². The van der Waals surface area contributed by atoms with E-state index in [9.17, 15) is 0 Å². The monoisotopic (exact) mass is 450 g/mol. The molecule has 168 valence electrons. The maximum absolute atomic E-state index is 6.20. The number of hydrogen-bond donors (Lipinski definition) is 1. The van der Waals surface area contributed by atoms with Crippen LogP contribution in [0.4, 0.5) is 11.7 Å². The zero-order valence-electron chi connectivity index (χ0n) is 18.3. The summed E-state index contributed by atoms with van der Waals surface area (Å²) < 4.78 is 17.5. The molecule has 4 aromatic rings. The number of nitrogens with zero attached hydrogens (tertiary/aromatic N) is 3. The highest BCUT2D eigenvalue weighted by atomic mass is 16.7. The number of para-hydroxylation sites is 3. The van der Waals surface area contributed by atoms with Gasteiger partial charge in [-0.3, -0.25) is 4.90 Å². The first-order chi connectivity index (χ1) is 16.8. The van der Waals surface area contributed by atoms with Gasteiger partial charge in [0, 0.05) is 36.5 Å². The molecule has 3 aliphatic rings. The molecular formula is C27H22N4O3. The Hall–Kier alpha value is -4.23. The molecule has 7 heteroatoms. The van der Waals surface area contributed by atoms with Gasteiger partial charge in [0.25, 0.3) is 0 Å².